The molecule has 0 aromatic carbocycles. The molecule has 0 aliphatic heterocycles. The van der Waals surface area contributed by atoms with Gasteiger partial charge in [0.15, 0.2) is 5.78 Å². The van der Waals surface area contributed by atoms with Gasteiger partial charge in [0.05, 0.1) is 0 Å². The van der Waals surface area contributed by atoms with Crippen molar-refractivity contribution in [2.75, 3.05) is 0 Å². The third-order valence-corrected chi connectivity index (χ3v) is 8.95. The summed E-state index contributed by atoms with van der Waals surface area (Å²) in [6.45, 7) is 8.55. The maximum absolute atomic E-state index is 11.9. The zero-order valence-electron chi connectivity index (χ0n) is 16.8. The van der Waals surface area contributed by atoms with Crippen LogP contribution in [0.4, 0.5) is 0 Å². The maximum Gasteiger partial charge on any atom is 0.302 e. The number of carbonyl (C=O) groups excluding carboxylic acids is 2. The smallest absolute Gasteiger partial charge is 0.302 e. The molecular weight excluding hydrogens is 324 g/mol. The fourth-order valence-corrected chi connectivity index (χ4v) is 7.71. The molecule has 3 fully saturated rings. The maximum atomic E-state index is 11.9. The minimum absolute atomic E-state index is 0.0287. The molecule has 0 aromatic rings. The molecule has 144 valence electrons. The van der Waals surface area contributed by atoms with E-state index >= 15 is 0 Å². The molecule has 0 bridgehead atoms. The lowest BCUT2D eigenvalue weighted by molar-refractivity contribution is -0.152. The van der Waals surface area contributed by atoms with Crippen molar-refractivity contribution < 1.29 is 14.3 Å². The Hall–Kier alpha value is -1.12. The summed E-state index contributed by atoms with van der Waals surface area (Å²) in [5, 5.41) is 0. The standard InChI is InChI=1S/C23H34O3/c1-14(26-15(2)24)19-7-8-20-18-6-5-16-13-17(25)9-11-22(16,3)21(18)10-12-23(19,20)4/h13-14,18-21H,5-12H2,1-4H3/t14-,18-,19+,20-,21-,22+,23+/m1/s1. The van der Waals surface area contributed by atoms with E-state index in [0.717, 1.165) is 37.0 Å². The van der Waals surface area contributed by atoms with Gasteiger partial charge in [0.25, 0.3) is 0 Å². The van der Waals surface area contributed by atoms with E-state index in [2.05, 4.69) is 20.8 Å². The average molecular weight is 359 g/mol. The fraction of sp³-hybridized carbons (Fsp3) is 0.826. The molecule has 0 N–H and O–H groups in total. The van der Waals surface area contributed by atoms with Gasteiger partial charge in [0.1, 0.15) is 6.10 Å². The molecule has 3 heteroatoms. The van der Waals surface area contributed by atoms with E-state index < -0.39 is 0 Å². The number of hydrogen-bond donors (Lipinski definition) is 0. The quantitative estimate of drug-likeness (QED) is 0.646. The van der Waals surface area contributed by atoms with E-state index in [0.29, 0.717) is 17.1 Å². The summed E-state index contributed by atoms with van der Waals surface area (Å²) >= 11 is 0. The number of fused-ring (bicyclic) bond motifs is 5. The second-order valence-electron chi connectivity index (χ2n) is 10.0. The first-order chi connectivity index (χ1) is 12.3. The third kappa shape index (κ3) is 2.60. The van der Waals surface area contributed by atoms with Crippen molar-refractivity contribution in [3.8, 4) is 0 Å². The van der Waals surface area contributed by atoms with Crippen LogP contribution in [0, 0.1) is 34.5 Å². The molecule has 7 atom stereocenters. The molecule has 3 saturated carbocycles. The molecule has 4 rings (SSSR count). The molecule has 0 radical (unpaired) electrons. The lowest BCUT2D eigenvalue weighted by atomic mass is 9.46. The predicted octanol–water partition coefficient (Wildman–Crippen LogP) is 5.09. The number of carbonyl (C=O) groups is 2. The van der Waals surface area contributed by atoms with Gasteiger partial charge in [-0.2, -0.15) is 0 Å². The summed E-state index contributed by atoms with van der Waals surface area (Å²) in [5.74, 6) is 2.95. The largest absolute Gasteiger partial charge is 0.463 e. The normalized spacial score (nSPS) is 45.8. The van der Waals surface area contributed by atoms with Crippen molar-refractivity contribution in [1.82, 2.24) is 0 Å². The number of ether oxygens (including phenoxy) is 1. The summed E-state index contributed by atoms with van der Waals surface area (Å²) in [4.78, 5) is 23.4. The highest BCUT2D eigenvalue weighted by Gasteiger charge is 2.59. The van der Waals surface area contributed by atoms with Gasteiger partial charge in [-0.25, -0.2) is 0 Å². The summed E-state index contributed by atoms with van der Waals surface area (Å²) < 4.78 is 5.62. The molecule has 0 saturated heterocycles. The van der Waals surface area contributed by atoms with Crippen molar-refractivity contribution in [2.24, 2.45) is 34.5 Å². The zero-order valence-corrected chi connectivity index (χ0v) is 16.8. The van der Waals surface area contributed by atoms with Gasteiger partial charge in [-0.3, -0.25) is 9.59 Å². The van der Waals surface area contributed by atoms with Crippen LogP contribution in [0.1, 0.15) is 79.1 Å². The van der Waals surface area contributed by atoms with E-state index in [1.165, 1.54) is 44.6 Å². The highest BCUT2D eigenvalue weighted by Crippen LogP contribution is 2.67. The van der Waals surface area contributed by atoms with Gasteiger partial charge in [-0.1, -0.05) is 19.4 Å². The first-order valence-electron chi connectivity index (χ1n) is 10.7. The van der Waals surface area contributed by atoms with Crippen molar-refractivity contribution in [2.45, 2.75) is 85.2 Å². The lowest BCUT2D eigenvalue weighted by Gasteiger charge is -2.58. The Balaban J connectivity index is 1.59. The molecule has 4 aliphatic rings. The van der Waals surface area contributed by atoms with Crippen LogP contribution < -0.4 is 0 Å². The molecule has 0 spiro atoms. The first-order valence-corrected chi connectivity index (χ1v) is 10.7. The predicted molar refractivity (Wildman–Crippen MR) is 101 cm³/mol. The van der Waals surface area contributed by atoms with Crippen LogP contribution in [0.5, 0.6) is 0 Å². The summed E-state index contributed by atoms with van der Waals surface area (Å²) in [6, 6.07) is 0. The highest BCUT2D eigenvalue weighted by molar-refractivity contribution is 5.91. The van der Waals surface area contributed by atoms with Crippen LogP contribution in [0.25, 0.3) is 0 Å². The first kappa shape index (κ1) is 18.3. The number of allylic oxidation sites excluding steroid dienone is 1. The number of esters is 1. The lowest BCUT2D eigenvalue weighted by Crippen LogP contribution is -2.51. The van der Waals surface area contributed by atoms with E-state index in [1.54, 1.807) is 0 Å². The zero-order chi connectivity index (χ0) is 18.7. The Morgan fingerprint density at radius 3 is 2.62 bits per heavy atom. The number of ketones is 1. The van der Waals surface area contributed by atoms with Gasteiger partial charge < -0.3 is 4.74 Å². The van der Waals surface area contributed by atoms with Crippen LogP contribution in [0.3, 0.4) is 0 Å². The molecule has 0 aromatic heterocycles. The van der Waals surface area contributed by atoms with E-state index in [9.17, 15) is 9.59 Å². The second kappa shape index (κ2) is 6.21. The Labute approximate surface area is 157 Å². The highest BCUT2D eigenvalue weighted by atomic mass is 16.5. The molecule has 3 nitrogen and oxygen atoms in total. The van der Waals surface area contributed by atoms with Crippen molar-refractivity contribution in [3.05, 3.63) is 11.6 Å². The van der Waals surface area contributed by atoms with Gasteiger partial charge in [-0.15, -0.1) is 0 Å². The molecule has 4 aliphatic carbocycles. The van der Waals surface area contributed by atoms with Crippen molar-refractivity contribution in [1.29, 1.82) is 0 Å². The van der Waals surface area contributed by atoms with Crippen LogP contribution in [0.15, 0.2) is 11.6 Å². The van der Waals surface area contributed by atoms with Crippen LogP contribution in [-0.2, 0) is 14.3 Å². The fourth-order valence-electron chi connectivity index (χ4n) is 7.71. The number of rotatable bonds is 2. The number of hydrogen-bond acceptors (Lipinski definition) is 3. The van der Waals surface area contributed by atoms with Gasteiger partial charge in [0.2, 0.25) is 0 Å². The van der Waals surface area contributed by atoms with Crippen LogP contribution in [-0.4, -0.2) is 17.9 Å². The molecule has 0 unspecified atom stereocenters. The molecular formula is C23H34O3. The second-order valence-corrected chi connectivity index (χ2v) is 10.0. The molecule has 0 heterocycles. The Kier molecular flexibility index (Phi) is 4.36. The van der Waals surface area contributed by atoms with Crippen molar-refractivity contribution >= 4 is 11.8 Å². The van der Waals surface area contributed by atoms with Gasteiger partial charge in [-0.05, 0) is 86.5 Å². The summed E-state index contributed by atoms with van der Waals surface area (Å²) in [7, 11) is 0. The Morgan fingerprint density at radius 2 is 1.88 bits per heavy atom. The van der Waals surface area contributed by atoms with Crippen LogP contribution >= 0.6 is 0 Å². The minimum atomic E-state index is -0.148. The van der Waals surface area contributed by atoms with Gasteiger partial charge in [0, 0.05) is 19.3 Å². The Morgan fingerprint density at radius 1 is 1.12 bits per heavy atom. The van der Waals surface area contributed by atoms with Crippen LogP contribution in [0.2, 0.25) is 0 Å². The van der Waals surface area contributed by atoms with Gasteiger partial charge >= 0.3 is 5.97 Å². The summed E-state index contributed by atoms with van der Waals surface area (Å²) in [5.41, 5.74) is 2.00. The SMILES string of the molecule is CC(=O)O[C@H](C)[C@@H]1CC[C@@H]2[C@H]3CCC4=CC(=O)CC[C@]4(C)[C@@H]3CC[C@]21C. The van der Waals surface area contributed by atoms with Crippen molar-refractivity contribution in [3.63, 3.8) is 0 Å². The van der Waals surface area contributed by atoms with E-state index in [1.807, 2.05) is 6.08 Å². The minimum Gasteiger partial charge on any atom is -0.463 e. The topological polar surface area (TPSA) is 43.4 Å². The Bertz CT molecular complexity index is 650. The molecule has 26 heavy (non-hydrogen) atoms. The van der Waals surface area contributed by atoms with E-state index in [4.69, 9.17) is 4.74 Å². The molecule has 0 amide bonds. The summed E-state index contributed by atoms with van der Waals surface area (Å²) in [6.07, 6.45) is 11.1. The van der Waals surface area contributed by atoms with E-state index in [-0.39, 0.29) is 17.5 Å². The average Bonchev–Trinajstić information content (AvgIpc) is 2.92. The third-order valence-electron chi connectivity index (χ3n) is 8.95. The monoisotopic (exact) mass is 358 g/mol.